The first-order chi connectivity index (χ1) is 9.76. The highest BCUT2D eigenvalue weighted by Crippen LogP contribution is 2.31. The third kappa shape index (κ3) is 3.89. The molecule has 0 aromatic heterocycles. The van der Waals surface area contributed by atoms with E-state index >= 15 is 0 Å². The maximum atomic E-state index is 6.25. The van der Waals surface area contributed by atoms with E-state index in [1.807, 2.05) is 6.07 Å². The number of rotatable bonds is 5. The minimum atomic E-state index is 0.663. The van der Waals surface area contributed by atoms with Crippen molar-refractivity contribution in [2.45, 2.75) is 58.5 Å². The molecule has 1 saturated heterocycles. The largest absolute Gasteiger partial charge is 0.368 e. The van der Waals surface area contributed by atoms with E-state index in [1.165, 1.54) is 43.4 Å². The molecule has 0 spiro atoms. The van der Waals surface area contributed by atoms with Crippen molar-refractivity contribution in [2.24, 2.45) is 0 Å². The van der Waals surface area contributed by atoms with Crippen LogP contribution in [0.2, 0.25) is 5.02 Å². The van der Waals surface area contributed by atoms with Crippen molar-refractivity contribution in [1.82, 2.24) is 5.32 Å². The predicted molar refractivity (Wildman–Crippen MR) is 88.7 cm³/mol. The molecule has 1 aliphatic rings. The Kier molecular flexibility index (Phi) is 6.18. The lowest BCUT2D eigenvalue weighted by Crippen LogP contribution is -2.35. The van der Waals surface area contributed by atoms with Gasteiger partial charge in [-0.15, -0.1) is 0 Å². The molecule has 2 nitrogen and oxygen atoms in total. The molecule has 0 aliphatic carbocycles. The Morgan fingerprint density at radius 2 is 2.10 bits per heavy atom. The summed E-state index contributed by atoms with van der Waals surface area (Å²) >= 11 is 6.25. The fourth-order valence-electron chi connectivity index (χ4n) is 3.13. The van der Waals surface area contributed by atoms with Crippen molar-refractivity contribution in [3.8, 4) is 0 Å². The second-order valence-corrected chi connectivity index (χ2v) is 6.09. The summed E-state index contributed by atoms with van der Waals surface area (Å²) in [6, 6.07) is 7.01. The molecule has 0 saturated carbocycles. The first kappa shape index (κ1) is 15.7. The van der Waals surface area contributed by atoms with Gasteiger partial charge in [-0.2, -0.15) is 0 Å². The minimum absolute atomic E-state index is 0.663. The molecule has 1 unspecified atom stereocenters. The van der Waals surface area contributed by atoms with Gasteiger partial charge >= 0.3 is 0 Å². The monoisotopic (exact) mass is 294 g/mol. The van der Waals surface area contributed by atoms with Gasteiger partial charge in [-0.1, -0.05) is 44.4 Å². The summed E-state index contributed by atoms with van der Waals surface area (Å²) in [5.41, 5.74) is 2.71. The van der Waals surface area contributed by atoms with E-state index in [-0.39, 0.29) is 0 Å². The molecule has 1 heterocycles. The van der Waals surface area contributed by atoms with Crippen molar-refractivity contribution in [1.29, 1.82) is 0 Å². The van der Waals surface area contributed by atoms with Crippen LogP contribution in [-0.4, -0.2) is 19.1 Å². The van der Waals surface area contributed by atoms with Gasteiger partial charge in [-0.25, -0.2) is 0 Å². The smallest absolute Gasteiger partial charge is 0.0429 e. The molecule has 1 aromatic carbocycles. The summed E-state index contributed by atoms with van der Waals surface area (Å²) in [4.78, 5) is 2.60. The van der Waals surface area contributed by atoms with Crippen molar-refractivity contribution in [2.75, 3.05) is 18.0 Å². The quantitative estimate of drug-likeness (QED) is 0.853. The van der Waals surface area contributed by atoms with E-state index in [0.29, 0.717) is 6.04 Å². The number of nitrogens with one attached hydrogen (secondary N) is 1. The van der Waals surface area contributed by atoms with Gasteiger partial charge in [0.1, 0.15) is 0 Å². The van der Waals surface area contributed by atoms with Crippen molar-refractivity contribution in [3.63, 3.8) is 0 Å². The van der Waals surface area contributed by atoms with Crippen LogP contribution < -0.4 is 10.2 Å². The molecule has 1 aromatic rings. The topological polar surface area (TPSA) is 15.3 Å². The molecule has 112 valence electrons. The molecule has 0 amide bonds. The number of benzene rings is 1. The van der Waals surface area contributed by atoms with Gasteiger partial charge in [0, 0.05) is 29.8 Å². The lowest BCUT2D eigenvalue weighted by molar-refractivity contribution is 0.554. The standard InChI is InChI=1S/C17H27ClN2/c1-3-16-8-6-5-7-11-20(16)17-12-15(18)10-9-14(17)13-19-4-2/h9-10,12,16,19H,3-8,11,13H2,1-2H3. The summed E-state index contributed by atoms with van der Waals surface area (Å²) in [7, 11) is 0. The van der Waals surface area contributed by atoms with E-state index in [9.17, 15) is 0 Å². The van der Waals surface area contributed by atoms with Crippen LogP contribution in [0.4, 0.5) is 5.69 Å². The van der Waals surface area contributed by atoms with Crippen LogP contribution in [0.1, 0.15) is 51.5 Å². The van der Waals surface area contributed by atoms with Gasteiger partial charge in [0.2, 0.25) is 0 Å². The van der Waals surface area contributed by atoms with E-state index in [0.717, 1.165) is 24.7 Å². The lowest BCUT2D eigenvalue weighted by Gasteiger charge is -2.33. The molecule has 1 aliphatic heterocycles. The normalized spacial score (nSPS) is 19.9. The summed E-state index contributed by atoms with van der Waals surface area (Å²) in [5.74, 6) is 0. The molecular weight excluding hydrogens is 268 g/mol. The highest BCUT2D eigenvalue weighted by Gasteiger charge is 2.21. The van der Waals surface area contributed by atoms with Crippen LogP contribution in [-0.2, 0) is 6.54 Å². The summed E-state index contributed by atoms with van der Waals surface area (Å²) in [6.45, 7) is 7.54. The zero-order chi connectivity index (χ0) is 14.4. The molecular formula is C17H27ClN2. The van der Waals surface area contributed by atoms with Crippen molar-refractivity contribution < 1.29 is 0 Å². The van der Waals surface area contributed by atoms with E-state index in [2.05, 4.69) is 36.2 Å². The molecule has 20 heavy (non-hydrogen) atoms. The first-order valence-corrected chi connectivity index (χ1v) is 8.39. The average molecular weight is 295 g/mol. The highest BCUT2D eigenvalue weighted by molar-refractivity contribution is 6.30. The Hall–Kier alpha value is -0.730. The zero-order valence-corrected chi connectivity index (χ0v) is 13.5. The van der Waals surface area contributed by atoms with Crippen LogP contribution in [0.15, 0.2) is 18.2 Å². The van der Waals surface area contributed by atoms with Gasteiger partial charge in [0.25, 0.3) is 0 Å². The molecule has 0 bridgehead atoms. The fraction of sp³-hybridized carbons (Fsp3) is 0.647. The van der Waals surface area contributed by atoms with Crippen molar-refractivity contribution >= 4 is 17.3 Å². The highest BCUT2D eigenvalue weighted by atomic mass is 35.5. The van der Waals surface area contributed by atoms with Crippen LogP contribution in [0.25, 0.3) is 0 Å². The van der Waals surface area contributed by atoms with Crippen LogP contribution >= 0.6 is 11.6 Å². The van der Waals surface area contributed by atoms with Crippen LogP contribution in [0.3, 0.4) is 0 Å². The summed E-state index contributed by atoms with van der Waals surface area (Å²) < 4.78 is 0. The molecule has 1 N–H and O–H groups in total. The average Bonchev–Trinajstić information content (AvgIpc) is 2.71. The SMILES string of the molecule is CCNCc1ccc(Cl)cc1N1CCCCCC1CC. The zero-order valence-electron chi connectivity index (χ0n) is 12.8. The third-order valence-corrected chi connectivity index (χ3v) is 4.51. The van der Waals surface area contributed by atoms with Gasteiger partial charge in [0.15, 0.2) is 0 Å². The minimum Gasteiger partial charge on any atom is -0.368 e. The van der Waals surface area contributed by atoms with E-state index in [1.54, 1.807) is 0 Å². The summed E-state index contributed by atoms with van der Waals surface area (Å²) in [6.07, 6.45) is 6.54. The predicted octanol–water partition coefficient (Wildman–Crippen LogP) is 4.61. The number of hydrogen-bond acceptors (Lipinski definition) is 2. The second-order valence-electron chi connectivity index (χ2n) is 5.66. The number of hydrogen-bond donors (Lipinski definition) is 1. The Labute approximate surface area is 128 Å². The van der Waals surface area contributed by atoms with Crippen LogP contribution in [0, 0.1) is 0 Å². The van der Waals surface area contributed by atoms with Crippen LogP contribution in [0.5, 0.6) is 0 Å². The molecule has 3 heteroatoms. The van der Waals surface area contributed by atoms with Gasteiger partial charge in [-0.3, -0.25) is 0 Å². The first-order valence-electron chi connectivity index (χ1n) is 8.02. The Bertz CT molecular complexity index is 419. The van der Waals surface area contributed by atoms with Gasteiger partial charge < -0.3 is 10.2 Å². The molecule has 2 rings (SSSR count). The maximum Gasteiger partial charge on any atom is 0.0429 e. The number of anilines is 1. The number of nitrogens with zero attached hydrogens (tertiary/aromatic N) is 1. The maximum absolute atomic E-state index is 6.25. The van der Waals surface area contributed by atoms with Gasteiger partial charge in [0.05, 0.1) is 0 Å². The molecule has 0 radical (unpaired) electrons. The summed E-state index contributed by atoms with van der Waals surface area (Å²) in [5, 5.41) is 4.29. The van der Waals surface area contributed by atoms with Crippen molar-refractivity contribution in [3.05, 3.63) is 28.8 Å². The van der Waals surface area contributed by atoms with E-state index < -0.39 is 0 Å². The Morgan fingerprint density at radius 3 is 2.85 bits per heavy atom. The lowest BCUT2D eigenvalue weighted by atomic mass is 10.0. The molecule has 1 atom stereocenters. The Balaban J connectivity index is 2.29. The fourth-order valence-corrected chi connectivity index (χ4v) is 3.30. The number of halogens is 1. The molecule has 1 fully saturated rings. The third-order valence-electron chi connectivity index (χ3n) is 4.27. The second kappa shape index (κ2) is 7.90. The van der Waals surface area contributed by atoms with E-state index in [4.69, 9.17) is 11.6 Å². The van der Waals surface area contributed by atoms with Gasteiger partial charge in [-0.05, 0) is 43.5 Å². The Morgan fingerprint density at radius 1 is 1.25 bits per heavy atom.